The number of anilines is 1. The molecule has 0 aliphatic rings. The third-order valence-electron chi connectivity index (χ3n) is 2.64. The zero-order chi connectivity index (χ0) is 15.8. The Morgan fingerprint density at radius 2 is 2.00 bits per heavy atom. The number of benzene rings is 1. The van der Waals surface area contributed by atoms with E-state index in [0.717, 1.165) is 11.5 Å². The molecule has 0 bridgehead atoms. The van der Waals surface area contributed by atoms with Gasteiger partial charge in [0.15, 0.2) is 0 Å². The number of aromatic nitrogens is 2. The molecule has 0 radical (unpaired) electrons. The highest BCUT2D eigenvalue weighted by Crippen LogP contribution is 2.31. The molecule has 1 amide bonds. The summed E-state index contributed by atoms with van der Waals surface area (Å²) >= 11 is 6.98. The second-order valence-electron chi connectivity index (χ2n) is 4.18. The Hall–Kier alpha value is -1.22. The molecule has 0 saturated carbocycles. The average Bonchev–Trinajstić information content (AvgIpc) is 2.78. The smallest absolute Gasteiger partial charge is 0.269 e. The van der Waals surface area contributed by atoms with Crippen LogP contribution in [0.1, 0.15) is 20.9 Å². The second-order valence-corrected chi connectivity index (χ2v) is 7.90. The quantitative estimate of drug-likeness (QED) is 0.844. The number of nitrogens with zero attached hydrogens (tertiary/aromatic N) is 2. The molecule has 0 fully saturated rings. The van der Waals surface area contributed by atoms with Crippen LogP contribution in [-0.4, -0.2) is 23.9 Å². The van der Waals surface area contributed by atoms with Gasteiger partial charge in [-0.3, -0.25) is 4.79 Å². The van der Waals surface area contributed by atoms with Crippen molar-refractivity contribution in [2.75, 3.05) is 5.32 Å². The Bertz CT molecular complexity index is 795. The second kappa shape index (κ2) is 5.88. The van der Waals surface area contributed by atoms with Crippen molar-refractivity contribution in [1.29, 1.82) is 0 Å². The highest BCUT2D eigenvalue weighted by atomic mass is 35.7. The van der Waals surface area contributed by atoms with Crippen LogP contribution in [0.15, 0.2) is 17.0 Å². The maximum absolute atomic E-state index is 12.1. The molecule has 112 valence electrons. The molecular formula is C11H9Cl2N3O3S2. The summed E-state index contributed by atoms with van der Waals surface area (Å²) in [5.41, 5.74) is 1.30. The Morgan fingerprint density at radius 1 is 1.33 bits per heavy atom. The molecule has 0 spiro atoms. The van der Waals surface area contributed by atoms with E-state index in [2.05, 4.69) is 14.9 Å². The molecule has 21 heavy (non-hydrogen) atoms. The van der Waals surface area contributed by atoms with Gasteiger partial charge in [-0.1, -0.05) is 16.1 Å². The number of carbonyl (C=O) groups excluding carboxylic acids is 1. The maximum Gasteiger partial charge on any atom is 0.269 e. The summed E-state index contributed by atoms with van der Waals surface area (Å²) in [4.78, 5) is 12.3. The zero-order valence-corrected chi connectivity index (χ0v) is 14.0. The summed E-state index contributed by atoms with van der Waals surface area (Å²) < 4.78 is 26.3. The lowest BCUT2D eigenvalue weighted by Gasteiger charge is -2.11. The molecule has 2 rings (SSSR count). The molecule has 6 nitrogen and oxygen atoms in total. The Balaban J connectivity index is 2.38. The van der Waals surface area contributed by atoms with Gasteiger partial charge in [0.1, 0.15) is 4.88 Å². The Kier molecular flexibility index (Phi) is 4.52. The fraction of sp³-hybridized carbons (Fsp3) is 0.182. The minimum atomic E-state index is -3.89. The van der Waals surface area contributed by atoms with Crippen LogP contribution in [-0.2, 0) is 9.05 Å². The van der Waals surface area contributed by atoms with Gasteiger partial charge in [-0.25, -0.2) is 8.42 Å². The highest BCUT2D eigenvalue weighted by Gasteiger charge is 2.19. The van der Waals surface area contributed by atoms with Crippen LogP contribution in [0, 0.1) is 13.8 Å². The monoisotopic (exact) mass is 365 g/mol. The first-order chi connectivity index (χ1) is 9.70. The van der Waals surface area contributed by atoms with Crippen molar-refractivity contribution in [3.8, 4) is 0 Å². The van der Waals surface area contributed by atoms with Gasteiger partial charge in [-0.05, 0) is 43.1 Å². The van der Waals surface area contributed by atoms with Crippen LogP contribution in [0.5, 0.6) is 0 Å². The van der Waals surface area contributed by atoms with Gasteiger partial charge in [-0.15, -0.1) is 5.10 Å². The first-order valence-corrected chi connectivity index (χ1v) is 9.01. The third kappa shape index (κ3) is 3.52. The number of halogens is 2. The molecule has 0 aliphatic heterocycles. The molecular weight excluding hydrogens is 357 g/mol. The van der Waals surface area contributed by atoms with Crippen molar-refractivity contribution in [1.82, 2.24) is 9.59 Å². The minimum absolute atomic E-state index is 0.0812. The number of nitrogens with one attached hydrogen (secondary N) is 1. The topological polar surface area (TPSA) is 89.0 Å². The van der Waals surface area contributed by atoms with Crippen LogP contribution in [0.4, 0.5) is 5.69 Å². The molecule has 0 unspecified atom stereocenters. The van der Waals surface area contributed by atoms with Gasteiger partial charge < -0.3 is 5.32 Å². The SMILES string of the molecule is Cc1cc(S(=O)(=O)Cl)cc(Cl)c1NC(=O)c1snnc1C. The predicted molar refractivity (Wildman–Crippen MR) is 81.8 cm³/mol. The molecule has 0 saturated heterocycles. The van der Waals surface area contributed by atoms with Gasteiger partial charge in [0.25, 0.3) is 15.0 Å². The fourth-order valence-corrected chi connectivity index (χ4v) is 3.40. The summed E-state index contributed by atoms with van der Waals surface area (Å²) in [5, 5.41) is 6.45. The third-order valence-corrected chi connectivity index (χ3v) is 5.10. The first-order valence-electron chi connectivity index (χ1n) is 5.55. The summed E-state index contributed by atoms with van der Waals surface area (Å²) in [7, 11) is 1.39. The molecule has 1 aromatic heterocycles. The molecule has 0 aliphatic carbocycles. The lowest BCUT2D eigenvalue weighted by Crippen LogP contribution is -2.13. The van der Waals surface area contributed by atoms with Crippen molar-refractivity contribution in [2.45, 2.75) is 18.7 Å². The lowest BCUT2D eigenvalue weighted by atomic mass is 10.2. The van der Waals surface area contributed by atoms with E-state index in [4.69, 9.17) is 22.3 Å². The van der Waals surface area contributed by atoms with Crippen molar-refractivity contribution in [3.63, 3.8) is 0 Å². The van der Waals surface area contributed by atoms with Crippen molar-refractivity contribution in [3.05, 3.63) is 33.3 Å². The Morgan fingerprint density at radius 3 is 2.48 bits per heavy atom. The molecule has 0 atom stereocenters. The minimum Gasteiger partial charge on any atom is -0.320 e. The largest absolute Gasteiger partial charge is 0.320 e. The zero-order valence-electron chi connectivity index (χ0n) is 10.8. The standard InChI is InChI=1S/C11H9Cl2N3O3S2/c1-5-3-7(21(13,18)19)4-8(12)9(5)14-11(17)10-6(2)15-16-20-10/h3-4H,1-2H3,(H,14,17). The highest BCUT2D eigenvalue weighted by molar-refractivity contribution is 8.13. The number of carbonyl (C=O) groups is 1. The van der Waals surface area contributed by atoms with Gasteiger partial charge in [0.2, 0.25) is 0 Å². The molecule has 10 heteroatoms. The van der Waals surface area contributed by atoms with E-state index >= 15 is 0 Å². The number of amides is 1. The van der Waals surface area contributed by atoms with Crippen LogP contribution in [0.25, 0.3) is 0 Å². The van der Waals surface area contributed by atoms with Crippen LogP contribution in [0.3, 0.4) is 0 Å². The van der Waals surface area contributed by atoms with Gasteiger partial charge in [0.05, 0.1) is 21.3 Å². The molecule has 1 heterocycles. The maximum atomic E-state index is 12.1. The lowest BCUT2D eigenvalue weighted by molar-refractivity contribution is 0.102. The van der Waals surface area contributed by atoms with E-state index in [0.29, 0.717) is 21.8 Å². The fourth-order valence-electron chi connectivity index (χ4n) is 1.62. The number of hydrogen-bond acceptors (Lipinski definition) is 6. The van der Waals surface area contributed by atoms with Crippen LogP contribution in [0.2, 0.25) is 5.02 Å². The summed E-state index contributed by atoms with van der Waals surface area (Å²) in [6.45, 7) is 3.28. The Labute approximate surface area is 134 Å². The van der Waals surface area contributed by atoms with Gasteiger partial charge >= 0.3 is 0 Å². The summed E-state index contributed by atoms with van der Waals surface area (Å²) in [5.74, 6) is -0.408. The van der Waals surface area contributed by atoms with E-state index in [-0.39, 0.29) is 9.92 Å². The van der Waals surface area contributed by atoms with E-state index in [9.17, 15) is 13.2 Å². The van der Waals surface area contributed by atoms with Crippen LogP contribution >= 0.6 is 33.8 Å². The number of aryl methyl sites for hydroxylation is 2. The number of hydrogen-bond donors (Lipinski definition) is 1. The van der Waals surface area contributed by atoms with Gasteiger partial charge in [-0.2, -0.15) is 0 Å². The van der Waals surface area contributed by atoms with E-state index in [1.54, 1.807) is 13.8 Å². The van der Waals surface area contributed by atoms with E-state index in [1.165, 1.54) is 12.1 Å². The van der Waals surface area contributed by atoms with E-state index < -0.39 is 15.0 Å². The molecule has 1 aromatic carbocycles. The predicted octanol–water partition coefficient (Wildman–Crippen LogP) is 2.99. The summed E-state index contributed by atoms with van der Waals surface area (Å²) in [6, 6.07) is 2.52. The van der Waals surface area contributed by atoms with E-state index in [1.807, 2.05) is 0 Å². The van der Waals surface area contributed by atoms with Crippen molar-refractivity contribution < 1.29 is 13.2 Å². The molecule has 1 N–H and O–H groups in total. The first kappa shape index (κ1) is 16.2. The normalized spacial score (nSPS) is 11.4. The van der Waals surface area contributed by atoms with Crippen molar-refractivity contribution >= 4 is 54.5 Å². The summed E-state index contributed by atoms with van der Waals surface area (Å²) in [6.07, 6.45) is 0. The molecule has 2 aromatic rings. The average molecular weight is 366 g/mol. The van der Waals surface area contributed by atoms with Crippen molar-refractivity contribution in [2.24, 2.45) is 0 Å². The number of rotatable bonds is 3. The van der Waals surface area contributed by atoms with Crippen LogP contribution < -0.4 is 5.32 Å². The van der Waals surface area contributed by atoms with Gasteiger partial charge in [0, 0.05) is 10.7 Å².